The molecular formula is C17H15NO2. The molecule has 1 amide bonds. The molecule has 1 aliphatic rings. The van der Waals surface area contributed by atoms with Crippen molar-refractivity contribution in [2.75, 3.05) is 4.90 Å². The maximum absolute atomic E-state index is 12.3. The summed E-state index contributed by atoms with van der Waals surface area (Å²) >= 11 is 0. The molecule has 0 radical (unpaired) electrons. The standard InChI is InChI=1S/C17H15NO2/c19-16-9-5-4-8-15(16)18-11-10-14(12-17(18)20)13-6-2-1-3-7-13/h1-11,14,19H,12H2. The number of carbonyl (C=O) groups excluding carboxylic acids is 1. The van der Waals surface area contributed by atoms with Crippen LogP contribution < -0.4 is 4.90 Å². The van der Waals surface area contributed by atoms with Gasteiger partial charge in [0.15, 0.2) is 0 Å². The van der Waals surface area contributed by atoms with Crippen LogP contribution in [0.2, 0.25) is 0 Å². The van der Waals surface area contributed by atoms with Crippen molar-refractivity contribution in [3.05, 3.63) is 72.4 Å². The first kappa shape index (κ1) is 12.5. The van der Waals surface area contributed by atoms with E-state index in [4.69, 9.17) is 0 Å². The Labute approximate surface area is 117 Å². The van der Waals surface area contributed by atoms with Crippen molar-refractivity contribution in [3.8, 4) is 5.75 Å². The van der Waals surface area contributed by atoms with Gasteiger partial charge in [0.1, 0.15) is 5.75 Å². The maximum Gasteiger partial charge on any atom is 0.232 e. The molecule has 1 heterocycles. The van der Waals surface area contributed by atoms with Crippen LogP contribution in [0.5, 0.6) is 5.75 Å². The number of amides is 1. The van der Waals surface area contributed by atoms with E-state index in [1.165, 1.54) is 4.90 Å². The number of anilines is 1. The SMILES string of the molecule is O=C1CC(c2ccccc2)C=CN1c1ccccc1O. The quantitative estimate of drug-likeness (QED) is 0.903. The zero-order chi connectivity index (χ0) is 13.9. The van der Waals surface area contributed by atoms with Crippen molar-refractivity contribution < 1.29 is 9.90 Å². The van der Waals surface area contributed by atoms with E-state index in [-0.39, 0.29) is 17.6 Å². The summed E-state index contributed by atoms with van der Waals surface area (Å²) in [6.45, 7) is 0. The van der Waals surface area contributed by atoms with Gasteiger partial charge in [-0.25, -0.2) is 0 Å². The second-order valence-electron chi connectivity index (χ2n) is 4.82. The number of rotatable bonds is 2. The molecule has 100 valence electrons. The molecule has 2 aromatic carbocycles. The Bertz CT molecular complexity index is 649. The fraction of sp³-hybridized carbons (Fsp3) is 0.118. The van der Waals surface area contributed by atoms with Crippen LogP contribution in [0.15, 0.2) is 66.9 Å². The molecule has 1 unspecified atom stereocenters. The first-order chi connectivity index (χ1) is 9.75. The van der Waals surface area contributed by atoms with Crippen molar-refractivity contribution in [3.63, 3.8) is 0 Å². The maximum atomic E-state index is 12.3. The lowest BCUT2D eigenvalue weighted by atomic mass is 9.93. The monoisotopic (exact) mass is 265 g/mol. The van der Waals surface area contributed by atoms with Crippen LogP contribution in [0.25, 0.3) is 0 Å². The van der Waals surface area contributed by atoms with Gasteiger partial charge in [-0.15, -0.1) is 0 Å². The minimum atomic E-state index is -0.0112. The fourth-order valence-electron chi connectivity index (χ4n) is 2.44. The smallest absolute Gasteiger partial charge is 0.232 e. The number of benzene rings is 2. The number of nitrogens with zero attached hydrogens (tertiary/aromatic N) is 1. The number of phenolic OH excluding ortho intramolecular Hbond substituents is 1. The molecule has 3 heteroatoms. The van der Waals surface area contributed by atoms with E-state index >= 15 is 0 Å². The van der Waals surface area contributed by atoms with Crippen LogP contribution in [0, 0.1) is 0 Å². The van der Waals surface area contributed by atoms with Gasteiger partial charge in [-0.2, -0.15) is 0 Å². The molecule has 0 spiro atoms. The van der Waals surface area contributed by atoms with E-state index < -0.39 is 0 Å². The lowest BCUT2D eigenvalue weighted by Crippen LogP contribution is -2.30. The molecule has 1 atom stereocenters. The Kier molecular flexibility index (Phi) is 3.25. The molecule has 3 nitrogen and oxygen atoms in total. The molecule has 0 aliphatic carbocycles. The molecule has 2 aromatic rings. The number of para-hydroxylation sites is 2. The van der Waals surface area contributed by atoms with E-state index in [9.17, 15) is 9.90 Å². The summed E-state index contributed by atoms with van der Waals surface area (Å²) in [6, 6.07) is 16.8. The number of allylic oxidation sites excluding steroid dienone is 1. The average molecular weight is 265 g/mol. The van der Waals surface area contributed by atoms with Crippen LogP contribution in [0.1, 0.15) is 17.9 Å². The Morgan fingerprint density at radius 1 is 1.00 bits per heavy atom. The lowest BCUT2D eigenvalue weighted by Gasteiger charge is -2.26. The summed E-state index contributed by atoms with van der Waals surface area (Å²) in [4.78, 5) is 13.8. The van der Waals surface area contributed by atoms with E-state index in [1.54, 1.807) is 30.5 Å². The minimum Gasteiger partial charge on any atom is -0.506 e. The van der Waals surface area contributed by atoms with Crippen LogP contribution in [-0.4, -0.2) is 11.0 Å². The number of hydrogen-bond donors (Lipinski definition) is 1. The van der Waals surface area contributed by atoms with Gasteiger partial charge in [0.05, 0.1) is 5.69 Å². The Hall–Kier alpha value is -2.55. The normalized spacial score (nSPS) is 18.3. The Morgan fingerprint density at radius 3 is 2.40 bits per heavy atom. The fourth-order valence-corrected chi connectivity index (χ4v) is 2.44. The van der Waals surface area contributed by atoms with Crippen molar-refractivity contribution in [1.29, 1.82) is 0 Å². The zero-order valence-electron chi connectivity index (χ0n) is 10.9. The third kappa shape index (κ3) is 2.30. The number of hydrogen-bond acceptors (Lipinski definition) is 2. The minimum absolute atomic E-state index is 0.0112. The third-order valence-corrected chi connectivity index (χ3v) is 3.50. The van der Waals surface area contributed by atoms with Crippen molar-refractivity contribution in [2.24, 2.45) is 0 Å². The van der Waals surface area contributed by atoms with Gasteiger partial charge in [0.2, 0.25) is 5.91 Å². The van der Waals surface area contributed by atoms with Crippen LogP contribution in [0.3, 0.4) is 0 Å². The topological polar surface area (TPSA) is 40.5 Å². The largest absolute Gasteiger partial charge is 0.506 e. The average Bonchev–Trinajstić information content (AvgIpc) is 2.49. The van der Waals surface area contributed by atoms with Gasteiger partial charge in [-0.05, 0) is 17.7 Å². The molecule has 0 fully saturated rings. The number of aromatic hydroxyl groups is 1. The van der Waals surface area contributed by atoms with Crippen LogP contribution in [0.4, 0.5) is 5.69 Å². The van der Waals surface area contributed by atoms with Gasteiger partial charge in [-0.3, -0.25) is 9.69 Å². The third-order valence-electron chi connectivity index (χ3n) is 3.50. The summed E-state index contributed by atoms with van der Waals surface area (Å²) in [5.41, 5.74) is 1.66. The molecule has 0 aromatic heterocycles. The van der Waals surface area contributed by atoms with Crippen molar-refractivity contribution in [2.45, 2.75) is 12.3 Å². The van der Waals surface area contributed by atoms with Gasteiger partial charge in [0.25, 0.3) is 0 Å². The molecule has 20 heavy (non-hydrogen) atoms. The van der Waals surface area contributed by atoms with Gasteiger partial charge < -0.3 is 5.11 Å². The summed E-state index contributed by atoms with van der Waals surface area (Å²) in [5, 5.41) is 9.84. The van der Waals surface area contributed by atoms with E-state index in [0.717, 1.165) is 5.56 Å². The second-order valence-corrected chi connectivity index (χ2v) is 4.82. The zero-order valence-corrected chi connectivity index (χ0v) is 10.9. The summed E-state index contributed by atoms with van der Waals surface area (Å²) in [6.07, 6.45) is 4.16. The lowest BCUT2D eigenvalue weighted by molar-refractivity contribution is -0.118. The van der Waals surface area contributed by atoms with Crippen molar-refractivity contribution in [1.82, 2.24) is 0 Å². The highest BCUT2D eigenvalue weighted by atomic mass is 16.3. The summed E-state index contributed by atoms with van der Waals surface area (Å²) in [7, 11) is 0. The Balaban J connectivity index is 1.89. The summed E-state index contributed by atoms with van der Waals surface area (Å²) < 4.78 is 0. The number of phenols is 1. The van der Waals surface area contributed by atoms with Crippen LogP contribution >= 0.6 is 0 Å². The molecule has 0 bridgehead atoms. The predicted octanol–water partition coefficient (Wildman–Crippen LogP) is 3.43. The molecule has 0 saturated heterocycles. The molecule has 3 rings (SSSR count). The van der Waals surface area contributed by atoms with Gasteiger partial charge in [0, 0.05) is 18.5 Å². The Morgan fingerprint density at radius 2 is 1.70 bits per heavy atom. The molecule has 1 N–H and O–H groups in total. The van der Waals surface area contributed by atoms with Gasteiger partial charge in [-0.1, -0.05) is 48.5 Å². The van der Waals surface area contributed by atoms with E-state index in [0.29, 0.717) is 12.1 Å². The number of carbonyl (C=O) groups is 1. The molecule has 0 saturated carbocycles. The molecular weight excluding hydrogens is 250 g/mol. The highest BCUT2D eigenvalue weighted by molar-refractivity contribution is 5.98. The van der Waals surface area contributed by atoms with Gasteiger partial charge >= 0.3 is 0 Å². The second kappa shape index (κ2) is 5.21. The molecule has 1 aliphatic heterocycles. The van der Waals surface area contributed by atoms with Crippen LogP contribution in [-0.2, 0) is 4.79 Å². The van der Waals surface area contributed by atoms with Crippen molar-refractivity contribution >= 4 is 11.6 Å². The van der Waals surface area contributed by atoms with E-state index in [1.807, 2.05) is 36.4 Å². The van der Waals surface area contributed by atoms with E-state index in [2.05, 4.69) is 0 Å². The first-order valence-corrected chi connectivity index (χ1v) is 6.59. The first-order valence-electron chi connectivity index (χ1n) is 6.59. The highest BCUT2D eigenvalue weighted by Gasteiger charge is 2.24. The highest BCUT2D eigenvalue weighted by Crippen LogP contribution is 2.33. The summed E-state index contributed by atoms with van der Waals surface area (Å²) in [5.74, 6) is 0.206. The predicted molar refractivity (Wildman–Crippen MR) is 78.5 cm³/mol.